The van der Waals surface area contributed by atoms with E-state index in [1.165, 1.54) is 32.4 Å². The molecule has 0 radical (unpaired) electrons. The molecule has 11 nitrogen and oxygen atoms in total. The Bertz CT molecular complexity index is 1170. The highest BCUT2D eigenvalue weighted by Gasteiger charge is 2.30. The minimum absolute atomic E-state index is 0.0331. The molecule has 1 atom stereocenters. The smallest absolute Gasteiger partial charge is 0.337 e. The molecular weight excluding hydrogens is 466 g/mol. The van der Waals surface area contributed by atoms with E-state index in [0.29, 0.717) is 25.1 Å². The van der Waals surface area contributed by atoms with Crippen molar-refractivity contribution in [2.75, 3.05) is 43.5 Å². The van der Waals surface area contributed by atoms with Crippen molar-refractivity contribution in [3.05, 3.63) is 36.0 Å². The number of nitrogens with one attached hydrogen (secondary N) is 1. The van der Waals surface area contributed by atoms with Crippen molar-refractivity contribution in [2.24, 2.45) is 5.92 Å². The number of hydrogen-bond donors (Lipinski definition) is 2. The number of esters is 1. The van der Waals surface area contributed by atoms with Crippen molar-refractivity contribution in [2.45, 2.75) is 24.7 Å². The number of pyridine rings is 1. The van der Waals surface area contributed by atoms with Gasteiger partial charge >= 0.3 is 11.9 Å². The molecule has 2 N–H and O–H groups in total. The Balaban J connectivity index is 2.01. The number of carbonyl (C=O) groups excluding carboxylic acids is 1. The monoisotopic (exact) mass is 493 g/mol. The molecule has 1 aromatic carbocycles. The molecule has 1 aromatic heterocycles. The lowest BCUT2D eigenvalue weighted by Gasteiger charge is -2.33. The maximum Gasteiger partial charge on any atom is 0.337 e. The fraction of sp³-hybridized carbons (Fsp3) is 0.409. The molecule has 12 heteroatoms. The quantitative estimate of drug-likeness (QED) is 0.500. The number of benzene rings is 1. The van der Waals surface area contributed by atoms with Gasteiger partial charge in [-0.15, -0.1) is 0 Å². The molecule has 1 fully saturated rings. The molecule has 0 bridgehead atoms. The second-order valence-electron chi connectivity index (χ2n) is 7.56. The Kier molecular flexibility index (Phi) is 7.82. The molecule has 0 amide bonds. The number of ether oxygens (including phenoxy) is 3. The number of carboxylic acids is 1. The molecular formula is C22H27N3O8S. The van der Waals surface area contributed by atoms with Gasteiger partial charge in [0, 0.05) is 25.4 Å². The maximum absolute atomic E-state index is 13.3. The number of nitrogens with zero attached hydrogens (tertiary/aromatic N) is 2. The van der Waals surface area contributed by atoms with Gasteiger partial charge in [0.05, 0.1) is 38.0 Å². The van der Waals surface area contributed by atoms with Crippen molar-refractivity contribution >= 4 is 33.5 Å². The number of aromatic nitrogens is 1. The van der Waals surface area contributed by atoms with Gasteiger partial charge < -0.3 is 24.2 Å². The second-order valence-corrected chi connectivity index (χ2v) is 9.21. The van der Waals surface area contributed by atoms with Crippen molar-refractivity contribution in [3.8, 4) is 11.5 Å². The Labute approximate surface area is 197 Å². The number of hydrogen-bond acceptors (Lipinski definition) is 9. The molecule has 3 rings (SSSR count). The first kappa shape index (κ1) is 25.1. The molecule has 1 saturated heterocycles. The number of rotatable bonds is 9. The van der Waals surface area contributed by atoms with Gasteiger partial charge in [-0.1, -0.05) is 0 Å². The molecule has 0 saturated carbocycles. The minimum atomic E-state index is -4.24. The highest BCUT2D eigenvalue weighted by Crippen LogP contribution is 2.34. The van der Waals surface area contributed by atoms with E-state index < -0.39 is 21.9 Å². The molecule has 0 unspecified atom stereocenters. The number of piperidine rings is 1. The maximum atomic E-state index is 13.3. The molecule has 2 aromatic rings. The van der Waals surface area contributed by atoms with Crippen molar-refractivity contribution < 1.29 is 37.3 Å². The van der Waals surface area contributed by atoms with Crippen LogP contribution in [0.25, 0.3) is 0 Å². The lowest BCUT2D eigenvalue weighted by molar-refractivity contribution is -0.148. The zero-order valence-corrected chi connectivity index (χ0v) is 19.9. The van der Waals surface area contributed by atoms with E-state index in [-0.39, 0.29) is 46.8 Å². The summed E-state index contributed by atoms with van der Waals surface area (Å²) in [6.07, 6.45) is 2.43. The number of aromatic carboxylic acids is 1. The average molecular weight is 494 g/mol. The summed E-state index contributed by atoms with van der Waals surface area (Å²) in [5.41, 5.74) is -0.229. The van der Waals surface area contributed by atoms with Crippen molar-refractivity contribution in [1.82, 2.24) is 4.98 Å². The lowest BCUT2D eigenvalue weighted by atomic mass is 9.98. The largest absolute Gasteiger partial charge is 0.497 e. The fourth-order valence-corrected chi connectivity index (χ4v) is 4.95. The Hall–Kier alpha value is -3.54. The predicted octanol–water partition coefficient (Wildman–Crippen LogP) is 2.38. The summed E-state index contributed by atoms with van der Waals surface area (Å²) in [5.74, 6) is -1.41. The molecule has 1 aliphatic heterocycles. The van der Waals surface area contributed by atoms with Crippen LogP contribution in [0.2, 0.25) is 0 Å². The topological polar surface area (TPSA) is 144 Å². The number of carboxylic acid groups (broad SMARTS) is 1. The standard InChI is InChI=1S/C22H27N3O8S/c1-4-33-22(28)14-6-5-9-25(13-14)20-17(10-15(12-23-20)21(26)27)24-34(29,30)19-11-16(31-2)7-8-18(19)32-3/h7-8,10-12,14,24H,4-6,9,13H2,1-3H3,(H,26,27)/t14-/m0/s1. The van der Waals surface area contributed by atoms with Gasteiger partial charge in [0.25, 0.3) is 10.0 Å². The van der Waals surface area contributed by atoms with E-state index >= 15 is 0 Å². The number of carbonyl (C=O) groups is 2. The van der Waals surface area contributed by atoms with E-state index in [0.717, 1.165) is 6.20 Å². The van der Waals surface area contributed by atoms with Gasteiger partial charge in [-0.25, -0.2) is 18.2 Å². The van der Waals surface area contributed by atoms with E-state index in [1.54, 1.807) is 17.9 Å². The Morgan fingerprint density at radius 2 is 2.00 bits per heavy atom. The third-order valence-electron chi connectivity index (χ3n) is 5.36. The first-order chi connectivity index (χ1) is 16.2. The summed E-state index contributed by atoms with van der Waals surface area (Å²) in [6, 6.07) is 5.50. The Morgan fingerprint density at radius 3 is 2.65 bits per heavy atom. The summed E-state index contributed by atoms with van der Waals surface area (Å²) in [6.45, 7) is 2.75. The lowest BCUT2D eigenvalue weighted by Crippen LogP contribution is -2.40. The van der Waals surface area contributed by atoms with Crippen molar-refractivity contribution in [1.29, 1.82) is 0 Å². The van der Waals surface area contributed by atoms with Crippen LogP contribution in [0.5, 0.6) is 11.5 Å². The van der Waals surface area contributed by atoms with E-state index in [4.69, 9.17) is 14.2 Å². The van der Waals surface area contributed by atoms with Crippen LogP contribution in [0.4, 0.5) is 11.5 Å². The summed E-state index contributed by atoms with van der Waals surface area (Å²) < 4.78 is 44.5. The highest BCUT2D eigenvalue weighted by atomic mass is 32.2. The van der Waals surface area contributed by atoms with Crippen LogP contribution in [0, 0.1) is 5.92 Å². The fourth-order valence-electron chi connectivity index (χ4n) is 3.72. The van der Waals surface area contributed by atoms with Gasteiger partial charge in [0.15, 0.2) is 5.82 Å². The second kappa shape index (κ2) is 10.6. The van der Waals surface area contributed by atoms with Crippen LogP contribution < -0.4 is 19.1 Å². The molecule has 0 spiro atoms. The van der Waals surface area contributed by atoms with Gasteiger partial charge in [-0.3, -0.25) is 9.52 Å². The normalized spacial score (nSPS) is 16.0. The molecule has 2 heterocycles. The highest BCUT2D eigenvalue weighted by molar-refractivity contribution is 7.92. The van der Waals surface area contributed by atoms with E-state index in [9.17, 15) is 23.1 Å². The number of sulfonamides is 1. The average Bonchev–Trinajstić information content (AvgIpc) is 2.83. The molecule has 0 aliphatic carbocycles. The number of anilines is 2. The third-order valence-corrected chi connectivity index (χ3v) is 6.75. The number of methoxy groups -OCH3 is 2. The third kappa shape index (κ3) is 5.50. The first-order valence-electron chi connectivity index (χ1n) is 10.6. The summed E-state index contributed by atoms with van der Waals surface area (Å²) >= 11 is 0. The van der Waals surface area contributed by atoms with Crippen LogP contribution in [0.15, 0.2) is 35.4 Å². The molecule has 1 aliphatic rings. The van der Waals surface area contributed by atoms with E-state index in [1.807, 2.05) is 0 Å². The van der Waals surface area contributed by atoms with Crippen molar-refractivity contribution in [3.63, 3.8) is 0 Å². The summed E-state index contributed by atoms with van der Waals surface area (Å²) in [7, 11) is -1.50. The van der Waals surface area contributed by atoms with Crippen LogP contribution >= 0.6 is 0 Å². The van der Waals surface area contributed by atoms with Gasteiger partial charge in [0.2, 0.25) is 0 Å². The van der Waals surface area contributed by atoms with Crippen LogP contribution in [0.3, 0.4) is 0 Å². The Morgan fingerprint density at radius 1 is 1.24 bits per heavy atom. The zero-order chi connectivity index (χ0) is 24.9. The van der Waals surface area contributed by atoms with Crippen LogP contribution in [-0.4, -0.2) is 64.4 Å². The van der Waals surface area contributed by atoms with Crippen LogP contribution in [0.1, 0.15) is 30.1 Å². The van der Waals surface area contributed by atoms with Gasteiger partial charge in [0.1, 0.15) is 16.4 Å². The molecule has 184 valence electrons. The zero-order valence-electron chi connectivity index (χ0n) is 19.1. The summed E-state index contributed by atoms with van der Waals surface area (Å²) in [4.78, 5) is 29.6. The predicted molar refractivity (Wildman–Crippen MR) is 123 cm³/mol. The van der Waals surface area contributed by atoms with Crippen LogP contribution in [-0.2, 0) is 19.6 Å². The van der Waals surface area contributed by atoms with Gasteiger partial charge in [-0.05, 0) is 38.0 Å². The van der Waals surface area contributed by atoms with E-state index in [2.05, 4.69) is 9.71 Å². The minimum Gasteiger partial charge on any atom is -0.497 e. The first-order valence-corrected chi connectivity index (χ1v) is 12.1. The van der Waals surface area contributed by atoms with Gasteiger partial charge in [-0.2, -0.15) is 0 Å². The SMILES string of the molecule is CCOC(=O)[C@H]1CCCN(c2ncc(C(=O)O)cc2NS(=O)(=O)c2cc(OC)ccc2OC)C1. The summed E-state index contributed by atoms with van der Waals surface area (Å²) in [5, 5.41) is 9.42. The molecule has 34 heavy (non-hydrogen) atoms.